The Bertz CT molecular complexity index is 1320. The summed E-state index contributed by atoms with van der Waals surface area (Å²) in [4.78, 5) is 19.0. The molecule has 0 bridgehead atoms. The normalized spacial score (nSPS) is 19.3. The molecule has 2 aromatic rings. The van der Waals surface area contributed by atoms with Crippen LogP contribution < -0.4 is 4.74 Å². The SMILES string of the molecule is C[C@H](CO)N1C[C@H](C)[C@H](CN(C)S(=O)(=O)c2cccc(F)c2)Oc2ncc(C#CC(C)(C)O)cc2C1=O. The zero-order valence-corrected chi connectivity index (χ0v) is 22.3. The minimum absolute atomic E-state index is 0.00190. The second kappa shape index (κ2) is 11.1. The van der Waals surface area contributed by atoms with Gasteiger partial charge in [0.2, 0.25) is 15.9 Å². The first-order chi connectivity index (χ1) is 17.2. The predicted octanol–water partition coefficient (Wildman–Crippen LogP) is 1.88. The number of amides is 1. The Kier molecular flexibility index (Phi) is 8.59. The molecule has 2 N–H and O–H groups in total. The van der Waals surface area contributed by atoms with Crippen molar-refractivity contribution < 1.29 is 32.6 Å². The fraction of sp³-hybridized carbons (Fsp3) is 0.462. The van der Waals surface area contributed by atoms with Crippen molar-refractivity contribution in [2.75, 3.05) is 26.7 Å². The summed E-state index contributed by atoms with van der Waals surface area (Å²) in [6.07, 6.45) is 0.677. The molecule has 0 fully saturated rings. The van der Waals surface area contributed by atoms with Crippen molar-refractivity contribution in [3.05, 3.63) is 53.5 Å². The predicted molar refractivity (Wildman–Crippen MR) is 135 cm³/mol. The van der Waals surface area contributed by atoms with E-state index in [2.05, 4.69) is 16.8 Å². The van der Waals surface area contributed by atoms with Gasteiger partial charge in [-0.15, -0.1) is 0 Å². The molecule has 0 unspecified atom stereocenters. The number of carbonyl (C=O) groups excluding carboxylic acids is 1. The van der Waals surface area contributed by atoms with E-state index in [1.807, 2.05) is 6.92 Å². The van der Waals surface area contributed by atoms with E-state index < -0.39 is 39.5 Å². The maximum atomic E-state index is 13.7. The Morgan fingerprint density at radius 3 is 2.68 bits per heavy atom. The molecule has 1 aliphatic rings. The number of fused-ring (bicyclic) bond motifs is 1. The van der Waals surface area contributed by atoms with Crippen LogP contribution >= 0.6 is 0 Å². The third-order valence-electron chi connectivity index (χ3n) is 5.98. The molecule has 0 spiro atoms. The lowest BCUT2D eigenvalue weighted by molar-refractivity contribution is 0.0373. The highest BCUT2D eigenvalue weighted by molar-refractivity contribution is 7.89. The van der Waals surface area contributed by atoms with Gasteiger partial charge in [0.15, 0.2) is 0 Å². The van der Waals surface area contributed by atoms with Crippen LogP contribution in [0.4, 0.5) is 4.39 Å². The van der Waals surface area contributed by atoms with Crippen molar-refractivity contribution in [2.45, 2.75) is 50.3 Å². The molecular formula is C26H32FN3O6S. The van der Waals surface area contributed by atoms with Crippen molar-refractivity contribution in [3.8, 4) is 17.7 Å². The minimum Gasteiger partial charge on any atom is -0.472 e. The van der Waals surface area contributed by atoms with Gasteiger partial charge in [-0.2, -0.15) is 4.31 Å². The van der Waals surface area contributed by atoms with E-state index in [0.717, 1.165) is 16.4 Å². The number of hydrogen-bond donors (Lipinski definition) is 2. The molecule has 200 valence electrons. The molecule has 0 radical (unpaired) electrons. The molecule has 2 heterocycles. The number of likely N-dealkylation sites (N-methyl/N-ethyl adjacent to an activating group) is 1. The summed E-state index contributed by atoms with van der Waals surface area (Å²) in [6.45, 7) is 6.37. The summed E-state index contributed by atoms with van der Waals surface area (Å²) in [5.74, 6) is 4.02. The van der Waals surface area contributed by atoms with Gasteiger partial charge in [-0.1, -0.05) is 24.8 Å². The molecule has 1 aliphatic heterocycles. The molecule has 3 rings (SSSR count). The van der Waals surface area contributed by atoms with Crippen molar-refractivity contribution in [1.29, 1.82) is 0 Å². The highest BCUT2D eigenvalue weighted by Crippen LogP contribution is 2.28. The summed E-state index contributed by atoms with van der Waals surface area (Å²) in [6, 6.07) is 5.72. The van der Waals surface area contributed by atoms with Gasteiger partial charge in [-0.25, -0.2) is 17.8 Å². The first-order valence-corrected chi connectivity index (χ1v) is 13.2. The minimum atomic E-state index is -4.03. The molecule has 1 aromatic heterocycles. The molecular weight excluding hydrogens is 501 g/mol. The van der Waals surface area contributed by atoms with Crippen molar-refractivity contribution in [2.24, 2.45) is 5.92 Å². The number of benzene rings is 1. The number of aromatic nitrogens is 1. The van der Waals surface area contributed by atoms with E-state index in [4.69, 9.17) is 4.74 Å². The third kappa shape index (κ3) is 6.84. The number of hydrogen-bond acceptors (Lipinski definition) is 7. The van der Waals surface area contributed by atoms with E-state index in [-0.39, 0.29) is 42.0 Å². The highest BCUT2D eigenvalue weighted by Gasteiger charge is 2.36. The number of sulfonamides is 1. The Labute approximate surface area is 216 Å². The Morgan fingerprint density at radius 2 is 2.05 bits per heavy atom. The fourth-order valence-corrected chi connectivity index (χ4v) is 4.99. The third-order valence-corrected chi connectivity index (χ3v) is 7.79. The summed E-state index contributed by atoms with van der Waals surface area (Å²) < 4.78 is 47.1. The molecule has 0 saturated heterocycles. The number of aliphatic hydroxyl groups is 2. The number of ether oxygens (including phenoxy) is 1. The zero-order valence-electron chi connectivity index (χ0n) is 21.5. The lowest BCUT2D eigenvalue weighted by Gasteiger charge is -2.37. The van der Waals surface area contributed by atoms with E-state index >= 15 is 0 Å². The standard InChI is InChI=1S/C26H32FN3O6S/c1-17-14-30(18(2)16-31)25(32)22-11-19(9-10-26(3,4)33)13-28-24(22)36-23(17)15-29(5)37(34,35)21-8-6-7-20(27)12-21/h6-8,11-13,17-18,23,31,33H,14-16H2,1-5H3/t17-,18+,23-/m0/s1. The van der Waals surface area contributed by atoms with Gasteiger partial charge in [0.25, 0.3) is 5.91 Å². The first kappa shape index (κ1) is 28.5. The number of carbonyl (C=O) groups is 1. The van der Waals surface area contributed by atoms with Crippen LogP contribution in [-0.4, -0.2) is 83.2 Å². The lowest BCUT2D eigenvalue weighted by Crippen LogP contribution is -2.50. The summed E-state index contributed by atoms with van der Waals surface area (Å²) in [5.41, 5.74) is -0.763. The number of rotatable bonds is 6. The zero-order chi connectivity index (χ0) is 27.5. The van der Waals surface area contributed by atoms with Gasteiger partial charge in [-0.05, 0) is 45.0 Å². The second-order valence-electron chi connectivity index (χ2n) is 9.75. The highest BCUT2D eigenvalue weighted by atomic mass is 32.2. The van der Waals surface area contributed by atoms with E-state index in [1.54, 1.807) is 6.92 Å². The Morgan fingerprint density at radius 1 is 1.35 bits per heavy atom. The number of aliphatic hydroxyl groups excluding tert-OH is 1. The van der Waals surface area contributed by atoms with E-state index in [9.17, 15) is 27.8 Å². The number of pyridine rings is 1. The van der Waals surface area contributed by atoms with Gasteiger partial charge in [0.05, 0.1) is 24.1 Å². The molecule has 3 atom stereocenters. The molecule has 37 heavy (non-hydrogen) atoms. The fourth-order valence-electron chi connectivity index (χ4n) is 3.77. The van der Waals surface area contributed by atoms with Crippen LogP contribution in [0.2, 0.25) is 0 Å². The van der Waals surface area contributed by atoms with Gasteiger partial charge >= 0.3 is 0 Å². The molecule has 9 nitrogen and oxygen atoms in total. The van der Waals surface area contributed by atoms with Crippen LogP contribution in [-0.2, 0) is 10.0 Å². The molecule has 1 aromatic carbocycles. The number of halogens is 1. The van der Waals surface area contributed by atoms with Crippen molar-refractivity contribution in [1.82, 2.24) is 14.2 Å². The Hall–Kier alpha value is -3.04. The molecule has 1 amide bonds. The topological polar surface area (TPSA) is 120 Å². The lowest BCUT2D eigenvalue weighted by atomic mass is 10.00. The van der Waals surface area contributed by atoms with Crippen molar-refractivity contribution >= 4 is 15.9 Å². The maximum absolute atomic E-state index is 13.7. The second-order valence-corrected chi connectivity index (χ2v) is 11.8. The molecule has 0 aliphatic carbocycles. The van der Waals surface area contributed by atoms with Gasteiger partial charge < -0.3 is 19.8 Å². The smallest absolute Gasteiger partial charge is 0.259 e. The van der Waals surface area contributed by atoms with Crippen LogP contribution in [0.5, 0.6) is 5.88 Å². The van der Waals surface area contributed by atoms with E-state index in [1.165, 1.54) is 50.2 Å². The quantitative estimate of drug-likeness (QED) is 0.544. The van der Waals surface area contributed by atoms with Gasteiger partial charge in [0.1, 0.15) is 23.1 Å². The summed E-state index contributed by atoms with van der Waals surface area (Å²) in [5, 5.41) is 19.7. The average molecular weight is 534 g/mol. The maximum Gasteiger partial charge on any atom is 0.259 e. The van der Waals surface area contributed by atoms with Gasteiger partial charge in [-0.3, -0.25) is 4.79 Å². The van der Waals surface area contributed by atoms with Crippen LogP contribution in [0.15, 0.2) is 41.4 Å². The van der Waals surface area contributed by atoms with Crippen LogP contribution in [0.1, 0.15) is 43.6 Å². The van der Waals surface area contributed by atoms with Gasteiger partial charge in [0, 0.05) is 31.3 Å². The van der Waals surface area contributed by atoms with Crippen LogP contribution in [0, 0.1) is 23.6 Å². The molecule has 11 heteroatoms. The summed E-state index contributed by atoms with van der Waals surface area (Å²) in [7, 11) is -2.65. The Balaban J connectivity index is 2.00. The first-order valence-electron chi connectivity index (χ1n) is 11.8. The molecule has 0 saturated carbocycles. The largest absolute Gasteiger partial charge is 0.472 e. The van der Waals surface area contributed by atoms with Crippen molar-refractivity contribution in [3.63, 3.8) is 0 Å². The van der Waals surface area contributed by atoms with Crippen LogP contribution in [0.25, 0.3) is 0 Å². The van der Waals surface area contributed by atoms with E-state index in [0.29, 0.717) is 5.56 Å². The van der Waals surface area contributed by atoms with Crippen LogP contribution in [0.3, 0.4) is 0 Å². The summed E-state index contributed by atoms with van der Waals surface area (Å²) >= 11 is 0. The number of nitrogens with zero attached hydrogens (tertiary/aromatic N) is 3. The monoisotopic (exact) mass is 533 g/mol. The average Bonchev–Trinajstić information content (AvgIpc) is 2.83.